The molecule has 17 heavy (non-hydrogen) atoms. The molecule has 0 spiro atoms. The van der Waals surface area contributed by atoms with Crippen LogP contribution in [0, 0.1) is 6.92 Å². The fourth-order valence-electron chi connectivity index (χ4n) is 2.38. The Morgan fingerprint density at radius 3 is 2.82 bits per heavy atom. The van der Waals surface area contributed by atoms with Crippen molar-refractivity contribution < 1.29 is 0 Å². The van der Waals surface area contributed by atoms with Crippen LogP contribution >= 0.6 is 11.6 Å². The summed E-state index contributed by atoms with van der Waals surface area (Å²) >= 11 is 6.19. The van der Waals surface area contributed by atoms with Crippen LogP contribution in [-0.4, -0.2) is 0 Å². The van der Waals surface area contributed by atoms with E-state index in [-0.39, 0.29) is 6.04 Å². The molecule has 1 aliphatic heterocycles. The van der Waals surface area contributed by atoms with E-state index >= 15 is 0 Å². The zero-order chi connectivity index (χ0) is 11.8. The first kappa shape index (κ1) is 10.8. The van der Waals surface area contributed by atoms with Gasteiger partial charge in [0.15, 0.2) is 0 Å². The molecule has 2 aromatic rings. The first-order valence-corrected chi connectivity index (χ1v) is 6.21. The van der Waals surface area contributed by atoms with Gasteiger partial charge in [-0.3, -0.25) is 0 Å². The van der Waals surface area contributed by atoms with E-state index in [9.17, 15) is 0 Å². The minimum absolute atomic E-state index is 0.282. The number of rotatable bonds is 1. The van der Waals surface area contributed by atoms with Crippen molar-refractivity contribution in [1.82, 2.24) is 5.32 Å². The van der Waals surface area contributed by atoms with Crippen LogP contribution in [0.2, 0.25) is 5.02 Å². The van der Waals surface area contributed by atoms with E-state index in [4.69, 9.17) is 11.6 Å². The van der Waals surface area contributed by atoms with E-state index in [2.05, 4.69) is 47.8 Å². The molecule has 0 radical (unpaired) electrons. The molecule has 1 atom stereocenters. The van der Waals surface area contributed by atoms with Crippen molar-refractivity contribution in [3.63, 3.8) is 0 Å². The molecule has 1 nitrogen and oxygen atoms in total. The number of aryl methyl sites for hydroxylation is 1. The van der Waals surface area contributed by atoms with Crippen molar-refractivity contribution in [2.24, 2.45) is 0 Å². The first-order valence-electron chi connectivity index (χ1n) is 5.83. The number of fused-ring (bicyclic) bond motifs is 1. The molecule has 0 saturated heterocycles. The lowest BCUT2D eigenvalue weighted by atomic mass is 9.98. The number of hydrogen-bond acceptors (Lipinski definition) is 1. The van der Waals surface area contributed by atoms with Gasteiger partial charge in [0.25, 0.3) is 0 Å². The van der Waals surface area contributed by atoms with E-state index in [1.54, 1.807) is 0 Å². The van der Waals surface area contributed by atoms with Gasteiger partial charge in [0.1, 0.15) is 0 Å². The molecule has 0 aromatic heterocycles. The summed E-state index contributed by atoms with van der Waals surface area (Å²) in [6.07, 6.45) is 0. The molecule has 2 heteroatoms. The molecule has 1 heterocycles. The van der Waals surface area contributed by atoms with E-state index < -0.39 is 0 Å². The zero-order valence-corrected chi connectivity index (χ0v) is 10.5. The predicted octanol–water partition coefficient (Wildman–Crippen LogP) is 3.84. The number of nitrogens with one attached hydrogen (secondary N) is 1. The highest BCUT2D eigenvalue weighted by Gasteiger charge is 2.22. The molecule has 0 amide bonds. The maximum atomic E-state index is 6.19. The molecular formula is C15H14ClN. The number of hydrogen-bond donors (Lipinski definition) is 1. The van der Waals surface area contributed by atoms with Gasteiger partial charge in [-0.25, -0.2) is 0 Å². The smallest absolute Gasteiger partial charge is 0.0583 e. The van der Waals surface area contributed by atoms with Gasteiger partial charge in [0.2, 0.25) is 0 Å². The van der Waals surface area contributed by atoms with Crippen LogP contribution in [0.4, 0.5) is 0 Å². The molecule has 1 unspecified atom stereocenters. The fourth-order valence-corrected chi connectivity index (χ4v) is 2.57. The van der Waals surface area contributed by atoms with Gasteiger partial charge in [-0.1, -0.05) is 48.0 Å². The molecule has 0 bridgehead atoms. The molecule has 3 rings (SSSR count). The van der Waals surface area contributed by atoms with Gasteiger partial charge < -0.3 is 5.32 Å². The monoisotopic (exact) mass is 243 g/mol. The van der Waals surface area contributed by atoms with Gasteiger partial charge in [-0.2, -0.15) is 0 Å². The van der Waals surface area contributed by atoms with Gasteiger partial charge in [0.05, 0.1) is 6.04 Å². The van der Waals surface area contributed by atoms with Crippen LogP contribution in [0.3, 0.4) is 0 Å². The standard InChI is InChI=1S/C15H14ClN/c1-10-6-7-11(8-14(10)16)15-13-5-3-2-4-12(13)9-17-15/h2-8,15,17H,9H2,1H3. The van der Waals surface area contributed by atoms with Crippen molar-refractivity contribution in [1.29, 1.82) is 0 Å². The van der Waals surface area contributed by atoms with Crippen molar-refractivity contribution in [3.05, 3.63) is 69.7 Å². The van der Waals surface area contributed by atoms with Gasteiger partial charge in [-0.15, -0.1) is 0 Å². The molecule has 0 saturated carbocycles. The maximum absolute atomic E-state index is 6.19. The largest absolute Gasteiger partial charge is 0.302 e. The lowest BCUT2D eigenvalue weighted by molar-refractivity contribution is 0.667. The Kier molecular flexibility index (Phi) is 2.65. The maximum Gasteiger partial charge on any atom is 0.0583 e. The summed E-state index contributed by atoms with van der Waals surface area (Å²) in [4.78, 5) is 0. The van der Waals surface area contributed by atoms with E-state index in [0.29, 0.717) is 0 Å². The summed E-state index contributed by atoms with van der Waals surface area (Å²) in [5, 5.41) is 4.37. The highest BCUT2D eigenvalue weighted by molar-refractivity contribution is 6.31. The van der Waals surface area contributed by atoms with Crippen LogP contribution in [-0.2, 0) is 6.54 Å². The SMILES string of the molecule is Cc1ccc(C2NCc3ccccc32)cc1Cl. The van der Waals surface area contributed by atoms with Crippen LogP contribution in [0.15, 0.2) is 42.5 Å². The van der Waals surface area contributed by atoms with E-state index in [1.807, 2.05) is 6.92 Å². The van der Waals surface area contributed by atoms with Crippen molar-refractivity contribution in [2.75, 3.05) is 0 Å². The highest BCUT2D eigenvalue weighted by atomic mass is 35.5. The Hall–Kier alpha value is -1.31. The summed E-state index contributed by atoms with van der Waals surface area (Å²) < 4.78 is 0. The minimum atomic E-state index is 0.282. The minimum Gasteiger partial charge on any atom is -0.302 e. The third-order valence-corrected chi connectivity index (χ3v) is 3.80. The Bertz CT molecular complexity index is 563. The Morgan fingerprint density at radius 2 is 2.00 bits per heavy atom. The van der Waals surface area contributed by atoms with Crippen molar-refractivity contribution in [2.45, 2.75) is 19.5 Å². The lowest BCUT2D eigenvalue weighted by Gasteiger charge is -2.13. The summed E-state index contributed by atoms with van der Waals surface area (Å²) in [5.41, 5.74) is 5.12. The third kappa shape index (κ3) is 1.86. The molecular weight excluding hydrogens is 230 g/mol. The average Bonchev–Trinajstić information content (AvgIpc) is 2.76. The van der Waals surface area contributed by atoms with Crippen LogP contribution in [0.5, 0.6) is 0 Å². The summed E-state index contributed by atoms with van der Waals surface area (Å²) in [5.74, 6) is 0. The molecule has 1 N–H and O–H groups in total. The van der Waals surface area contributed by atoms with Gasteiger partial charge in [0, 0.05) is 11.6 Å². The van der Waals surface area contributed by atoms with E-state index in [1.165, 1.54) is 16.7 Å². The second kappa shape index (κ2) is 4.17. The van der Waals surface area contributed by atoms with E-state index in [0.717, 1.165) is 17.1 Å². The second-order valence-corrected chi connectivity index (χ2v) is 4.93. The molecule has 0 fully saturated rings. The first-order chi connectivity index (χ1) is 8.25. The van der Waals surface area contributed by atoms with Crippen molar-refractivity contribution >= 4 is 11.6 Å². The predicted molar refractivity (Wildman–Crippen MR) is 71.3 cm³/mol. The Balaban J connectivity index is 2.04. The van der Waals surface area contributed by atoms with Crippen LogP contribution in [0.25, 0.3) is 0 Å². The summed E-state index contributed by atoms with van der Waals surface area (Å²) in [6, 6.07) is 15.1. The second-order valence-electron chi connectivity index (χ2n) is 4.52. The lowest BCUT2D eigenvalue weighted by Crippen LogP contribution is -2.13. The third-order valence-electron chi connectivity index (χ3n) is 3.39. The highest BCUT2D eigenvalue weighted by Crippen LogP contribution is 2.32. The van der Waals surface area contributed by atoms with Gasteiger partial charge in [-0.05, 0) is 35.2 Å². The summed E-state index contributed by atoms with van der Waals surface area (Å²) in [6.45, 7) is 2.97. The molecule has 0 aliphatic carbocycles. The summed E-state index contributed by atoms with van der Waals surface area (Å²) in [7, 11) is 0. The molecule has 86 valence electrons. The number of benzene rings is 2. The fraction of sp³-hybridized carbons (Fsp3) is 0.200. The van der Waals surface area contributed by atoms with Crippen LogP contribution < -0.4 is 5.32 Å². The Labute approximate surface area is 106 Å². The quantitative estimate of drug-likeness (QED) is 0.803. The van der Waals surface area contributed by atoms with Gasteiger partial charge >= 0.3 is 0 Å². The van der Waals surface area contributed by atoms with Crippen LogP contribution in [0.1, 0.15) is 28.3 Å². The molecule has 2 aromatic carbocycles. The zero-order valence-electron chi connectivity index (χ0n) is 9.70. The molecule has 1 aliphatic rings. The van der Waals surface area contributed by atoms with Crippen molar-refractivity contribution in [3.8, 4) is 0 Å². The Morgan fingerprint density at radius 1 is 1.18 bits per heavy atom. The number of halogens is 1. The average molecular weight is 244 g/mol. The normalized spacial score (nSPS) is 18.1. The topological polar surface area (TPSA) is 12.0 Å².